The van der Waals surface area contributed by atoms with Gasteiger partial charge < -0.3 is 10.1 Å². The van der Waals surface area contributed by atoms with E-state index in [2.05, 4.69) is 17.1 Å². The Morgan fingerprint density at radius 3 is 2.65 bits per heavy atom. The lowest BCUT2D eigenvalue weighted by Gasteiger charge is -2.28. The summed E-state index contributed by atoms with van der Waals surface area (Å²) in [5.74, 6) is 0.791. The van der Waals surface area contributed by atoms with Crippen molar-refractivity contribution in [1.82, 2.24) is 5.32 Å². The first kappa shape index (κ1) is 14.8. The summed E-state index contributed by atoms with van der Waals surface area (Å²) >= 11 is 1.93. The molecule has 1 N–H and O–H groups in total. The number of carbonyl (C=O) groups excluding carboxylic acids is 1. The summed E-state index contributed by atoms with van der Waals surface area (Å²) in [7, 11) is 3.51. The van der Waals surface area contributed by atoms with Gasteiger partial charge in [-0.2, -0.15) is 11.8 Å². The SMILES string of the molecule is CNC1CCCCCCC1SCCC(=O)OC. The monoisotopic (exact) mass is 259 g/mol. The highest BCUT2D eigenvalue weighted by atomic mass is 32.2. The predicted molar refractivity (Wildman–Crippen MR) is 73.4 cm³/mol. The minimum atomic E-state index is -0.0932. The van der Waals surface area contributed by atoms with Crippen LogP contribution < -0.4 is 5.32 Å². The molecule has 0 aromatic rings. The average molecular weight is 259 g/mol. The molecule has 1 rings (SSSR count). The van der Waals surface area contributed by atoms with Crippen molar-refractivity contribution in [3.63, 3.8) is 0 Å². The van der Waals surface area contributed by atoms with Crippen LogP contribution in [0.25, 0.3) is 0 Å². The molecule has 2 atom stereocenters. The van der Waals surface area contributed by atoms with E-state index in [4.69, 9.17) is 0 Å². The van der Waals surface area contributed by atoms with Crippen LogP contribution in [-0.2, 0) is 9.53 Å². The molecule has 0 bridgehead atoms. The van der Waals surface area contributed by atoms with Crippen LogP contribution in [0.4, 0.5) is 0 Å². The van der Waals surface area contributed by atoms with Crippen molar-refractivity contribution in [2.24, 2.45) is 0 Å². The maximum absolute atomic E-state index is 11.1. The molecule has 0 aromatic carbocycles. The van der Waals surface area contributed by atoms with Crippen molar-refractivity contribution in [1.29, 1.82) is 0 Å². The van der Waals surface area contributed by atoms with Gasteiger partial charge in [-0.3, -0.25) is 4.79 Å². The van der Waals surface area contributed by atoms with Gasteiger partial charge in [0.2, 0.25) is 0 Å². The van der Waals surface area contributed by atoms with Crippen molar-refractivity contribution >= 4 is 17.7 Å². The molecule has 100 valence electrons. The number of thioether (sulfide) groups is 1. The molecule has 0 heterocycles. The first-order valence-electron chi connectivity index (χ1n) is 6.63. The van der Waals surface area contributed by atoms with Gasteiger partial charge in [0.1, 0.15) is 0 Å². The Balaban J connectivity index is 2.32. The van der Waals surface area contributed by atoms with E-state index in [9.17, 15) is 4.79 Å². The summed E-state index contributed by atoms with van der Waals surface area (Å²) < 4.78 is 4.67. The summed E-state index contributed by atoms with van der Waals surface area (Å²) in [6, 6.07) is 0.609. The van der Waals surface area contributed by atoms with Gasteiger partial charge in [0.15, 0.2) is 0 Å². The van der Waals surface area contributed by atoms with Crippen molar-refractivity contribution in [2.45, 2.75) is 56.2 Å². The van der Waals surface area contributed by atoms with Crippen molar-refractivity contribution in [3.8, 4) is 0 Å². The fourth-order valence-corrected chi connectivity index (χ4v) is 3.80. The Morgan fingerprint density at radius 1 is 1.29 bits per heavy atom. The third kappa shape index (κ3) is 5.77. The van der Waals surface area contributed by atoms with E-state index in [-0.39, 0.29) is 5.97 Å². The topological polar surface area (TPSA) is 38.3 Å². The van der Waals surface area contributed by atoms with Gasteiger partial charge >= 0.3 is 5.97 Å². The van der Waals surface area contributed by atoms with E-state index < -0.39 is 0 Å². The van der Waals surface area contributed by atoms with Gasteiger partial charge in [-0.15, -0.1) is 0 Å². The molecule has 1 fully saturated rings. The third-order valence-corrected chi connectivity index (χ3v) is 4.87. The fourth-order valence-electron chi connectivity index (χ4n) is 2.38. The molecular formula is C13H25NO2S. The van der Waals surface area contributed by atoms with Crippen molar-refractivity contribution in [3.05, 3.63) is 0 Å². The second-order valence-electron chi connectivity index (χ2n) is 4.62. The number of hydrogen-bond donors (Lipinski definition) is 1. The molecule has 0 amide bonds. The first-order chi connectivity index (χ1) is 8.27. The molecular weight excluding hydrogens is 234 g/mol. The highest BCUT2D eigenvalue weighted by molar-refractivity contribution is 7.99. The lowest BCUT2D eigenvalue weighted by atomic mass is 9.96. The molecule has 0 saturated heterocycles. The predicted octanol–water partition coefficient (Wildman–Crippen LogP) is 2.59. The molecule has 0 radical (unpaired) electrons. The molecule has 4 heteroatoms. The smallest absolute Gasteiger partial charge is 0.306 e. The van der Waals surface area contributed by atoms with Crippen LogP contribution in [0.15, 0.2) is 0 Å². The largest absolute Gasteiger partial charge is 0.469 e. The number of rotatable bonds is 5. The maximum atomic E-state index is 11.1. The lowest BCUT2D eigenvalue weighted by Crippen LogP contribution is -2.36. The number of ether oxygens (including phenoxy) is 1. The van der Waals surface area contributed by atoms with Gasteiger partial charge in [0.25, 0.3) is 0 Å². The van der Waals surface area contributed by atoms with E-state index in [1.807, 2.05) is 11.8 Å². The van der Waals surface area contributed by atoms with Crippen LogP contribution >= 0.6 is 11.8 Å². The van der Waals surface area contributed by atoms with Gasteiger partial charge in [0, 0.05) is 17.0 Å². The van der Waals surface area contributed by atoms with Crippen molar-refractivity contribution in [2.75, 3.05) is 19.9 Å². The van der Waals surface area contributed by atoms with Crippen molar-refractivity contribution < 1.29 is 9.53 Å². The number of esters is 1. The first-order valence-corrected chi connectivity index (χ1v) is 7.68. The Bertz CT molecular complexity index is 223. The van der Waals surface area contributed by atoms with Crippen LogP contribution in [0, 0.1) is 0 Å². The zero-order valence-electron chi connectivity index (χ0n) is 11.0. The molecule has 1 aliphatic rings. The lowest BCUT2D eigenvalue weighted by molar-refractivity contribution is -0.140. The second-order valence-corrected chi connectivity index (χ2v) is 5.97. The second kappa shape index (κ2) is 8.81. The molecule has 17 heavy (non-hydrogen) atoms. The van der Waals surface area contributed by atoms with E-state index in [1.165, 1.54) is 45.6 Å². The van der Waals surface area contributed by atoms with Gasteiger partial charge in [0.05, 0.1) is 13.5 Å². The highest BCUT2D eigenvalue weighted by Gasteiger charge is 2.21. The summed E-state index contributed by atoms with van der Waals surface area (Å²) in [4.78, 5) is 11.1. The van der Waals surface area contributed by atoms with Gasteiger partial charge in [-0.25, -0.2) is 0 Å². The normalized spacial score (nSPS) is 26.0. The molecule has 3 nitrogen and oxygen atoms in total. The number of carbonyl (C=O) groups is 1. The molecule has 0 aliphatic heterocycles. The zero-order valence-corrected chi connectivity index (χ0v) is 11.9. The minimum absolute atomic E-state index is 0.0932. The fraction of sp³-hybridized carbons (Fsp3) is 0.923. The van der Waals surface area contributed by atoms with Crippen LogP contribution in [0.1, 0.15) is 44.9 Å². The van der Waals surface area contributed by atoms with E-state index in [0.29, 0.717) is 17.7 Å². The summed E-state index contributed by atoms with van der Waals surface area (Å²) in [6.07, 6.45) is 8.48. The molecule has 2 unspecified atom stereocenters. The van der Waals surface area contributed by atoms with Crippen LogP contribution in [0.5, 0.6) is 0 Å². The Kier molecular flexibility index (Phi) is 7.69. The molecule has 0 aromatic heterocycles. The van der Waals surface area contributed by atoms with Gasteiger partial charge in [-0.1, -0.05) is 25.7 Å². The summed E-state index contributed by atoms with van der Waals surface area (Å²) in [5.41, 5.74) is 0. The molecule has 1 aliphatic carbocycles. The van der Waals surface area contributed by atoms with Crippen LogP contribution in [0.3, 0.4) is 0 Å². The maximum Gasteiger partial charge on any atom is 0.306 e. The standard InChI is InChI=1S/C13H25NO2S/c1-14-11-7-5-3-4-6-8-12(11)17-10-9-13(15)16-2/h11-12,14H,3-10H2,1-2H3. The number of nitrogens with one attached hydrogen (secondary N) is 1. The molecule has 1 saturated carbocycles. The summed E-state index contributed by atoms with van der Waals surface area (Å²) in [6.45, 7) is 0. The Morgan fingerprint density at radius 2 is 2.00 bits per heavy atom. The van der Waals surface area contributed by atoms with Gasteiger partial charge in [-0.05, 0) is 19.9 Å². The Labute approximate surface area is 109 Å². The quantitative estimate of drug-likeness (QED) is 0.770. The van der Waals surface area contributed by atoms with E-state index >= 15 is 0 Å². The average Bonchev–Trinajstić information content (AvgIpc) is 2.32. The number of hydrogen-bond acceptors (Lipinski definition) is 4. The highest BCUT2D eigenvalue weighted by Crippen LogP contribution is 2.27. The van der Waals surface area contributed by atoms with E-state index in [1.54, 1.807) is 0 Å². The zero-order chi connectivity index (χ0) is 12.5. The van der Waals surface area contributed by atoms with E-state index in [0.717, 1.165) is 5.75 Å². The van der Waals surface area contributed by atoms with Crippen LogP contribution in [-0.4, -0.2) is 37.2 Å². The molecule has 0 spiro atoms. The Hall–Kier alpha value is -0.220. The third-order valence-electron chi connectivity index (χ3n) is 3.44. The van der Waals surface area contributed by atoms with Crippen LogP contribution in [0.2, 0.25) is 0 Å². The summed E-state index contributed by atoms with van der Waals surface area (Å²) in [5, 5.41) is 4.09. The number of methoxy groups -OCH3 is 1. The minimum Gasteiger partial charge on any atom is -0.469 e.